The molecule has 3 rings (SSSR count). The monoisotopic (exact) mass is 360 g/mol. The van der Waals surface area contributed by atoms with Crippen molar-refractivity contribution in [2.75, 3.05) is 11.5 Å². The van der Waals surface area contributed by atoms with E-state index in [4.69, 9.17) is 10.5 Å². The molecule has 2 aromatic rings. The van der Waals surface area contributed by atoms with Gasteiger partial charge in [-0.25, -0.2) is 0 Å². The summed E-state index contributed by atoms with van der Waals surface area (Å²) in [5.41, 5.74) is 7.88. The van der Waals surface area contributed by atoms with Gasteiger partial charge in [-0.15, -0.1) is 0 Å². The standard InChI is InChI=1S/C17H17BrN2O2/c1-2-22-14-9-7-13(8-10-14)20-16(15(19)17(20)21)11-3-5-12(18)6-4-11/h3-10,15-16H,2,19H2,1H3/t15-,16-/m0/s1. The quantitative estimate of drug-likeness (QED) is 0.851. The minimum atomic E-state index is -0.493. The fourth-order valence-corrected chi connectivity index (χ4v) is 2.95. The summed E-state index contributed by atoms with van der Waals surface area (Å²) in [6.07, 6.45) is 0. The molecule has 0 aromatic heterocycles. The molecule has 2 atom stereocenters. The fourth-order valence-electron chi connectivity index (χ4n) is 2.69. The molecule has 1 aliphatic rings. The van der Waals surface area contributed by atoms with Crippen molar-refractivity contribution in [2.24, 2.45) is 5.73 Å². The van der Waals surface area contributed by atoms with Gasteiger partial charge in [-0.3, -0.25) is 4.79 Å². The average molecular weight is 361 g/mol. The summed E-state index contributed by atoms with van der Waals surface area (Å²) < 4.78 is 6.43. The molecule has 1 aliphatic heterocycles. The van der Waals surface area contributed by atoms with Gasteiger partial charge in [0.15, 0.2) is 0 Å². The van der Waals surface area contributed by atoms with Crippen molar-refractivity contribution in [2.45, 2.75) is 19.0 Å². The van der Waals surface area contributed by atoms with Gasteiger partial charge in [0.1, 0.15) is 11.8 Å². The van der Waals surface area contributed by atoms with E-state index in [0.29, 0.717) is 6.61 Å². The number of carbonyl (C=O) groups excluding carboxylic acids is 1. The van der Waals surface area contributed by atoms with Crippen LogP contribution >= 0.6 is 15.9 Å². The summed E-state index contributed by atoms with van der Waals surface area (Å²) >= 11 is 3.42. The van der Waals surface area contributed by atoms with E-state index in [-0.39, 0.29) is 11.9 Å². The Morgan fingerprint density at radius 2 is 1.77 bits per heavy atom. The lowest BCUT2D eigenvalue weighted by molar-refractivity contribution is -0.126. The van der Waals surface area contributed by atoms with Gasteiger partial charge in [-0.1, -0.05) is 28.1 Å². The third-order valence-electron chi connectivity index (χ3n) is 3.78. The third-order valence-corrected chi connectivity index (χ3v) is 4.31. The van der Waals surface area contributed by atoms with Crippen LogP contribution < -0.4 is 15.4 Å². The number of rotatable bonds is 4. The zero-order valence-corrected chi connectivity index (χ0v) is 13.8. The Morgan fingerprint density at radius 1 is 1.14 bits per heavy atom. The zero-order valence-electron chi connectivity index (χ0n) is 12.2. The molecule has 0 radical (unpaired) electrons. The van der Waals surface area contributed by atoms with Crippen molar-refractivity contribution < 1.29 is 9.53 Å². The number of nitrogens with zero attached hydrogens (tertiary/aromatic N) is 1. The first-order valence-corrected chi connectivity index (χ1v) is 7.98. The number of halogens is 1. The van der Waals surface area contributed by atoms with Gasteiger partial charge in [-0.2, -0.15) is 0 Å². The van der Waals surface area contributed by atoms with Gasteiger partial charge in [0.2, 0.25) is 5.91 Å². The van der Waals surface area contributed by atoms with Crippen LogP contribution in [0.5, 0.6) is 5.75 Å². The first-order chi connectivity index (χ1) is 10.6. The van der Waals surface area contributed by atoms with Gasteiger partial charge >= 0.3 is 0 Å². The van der Waals surface area contributed by atoms with Gasteiger partial charge in [-0.05, 0) is 48.9 Å². The molecule has 22 heavy (non-hydrogen) atoms. The number of β-lactam (4-membered cyclic amide) rings is 1. The van der Waals surface area contributed by atoms with E-state index in [2.05, 4.69) is 15.9 Å². The summed E-state index contributed by atoms with van der Waals surface area (Å²) in [6, 6.07) is 14.8. The highest BCUT2D eigenvalue weighted by Crippen LogP contribution is 2.38. The summed E-state index contributed by atoms with van der Waals surface area (Å²) in [4.78, 5) is 13.9. The zero-order chi connectivity index (χ0) is 15.7. The van der Waals surface area contributed by atoms with Crippen molar-refractivity contribution in [1.82, 2.24) is 0 Å². The Morgan fingerprint density at radius 3 is 2.36 bits per heavy atom. The molecule has 1 saturated heterocycles. The lowest BCUT2D eigenvalue weighted by Crippen LogP contribution is -2.63. The number of hydrogen-bond acceptors (Lipinski definition) is 3. The van der Waals surface area contributed by atoms with Gasteiger partial charge in [0.25, 0.3) is 0 Å². The molecule has 0 aliphatic carbocycles. The molecule has 2 aromatic carbocycles. The predicted octanol–water partition coefficient (Wildman–Crippen LogP) is 3.26. The molecule has 1 amide bonds. The molecule has 5 heteroatoms. The van der Waals surface area contributed by atoms with E-state index in [9.17, 15) is 4.79 Å². The van der Waals surface area contributed by atoms with Crippen molar-refractivity contribution in [3.63, 3.8) is 0 Å². The molecule has 0 saturated carbocycles. The second-order valence-corrected chi connectivity index (χ2v) is 6.07. The van der Waals surface area contributed by atoms with Crippen LogP contribution in [-0.4, -0.2) is 18.6 Å². The fraction of sp³-hybridized carbons (Fsp3) is 0.235. The topological polar surface area (TPSA) is 55.6 Å². The highest BCUT2D eigenvalue weighted by Gasteiger charge is 2.46. The Kier molecular flexibility index (Phi) is 4.18. The number of amides is 1. The number of benzene rings is 2. The highest BCUT2D eigenvalue weighted by molar-refractivity contribution is 9.10. The van der Waals surface area contributed by atoms with Crippen LogP contribution in [0.25, 0.3) is 0 Å². The number of ether oxygens (including phenoxy) is 1. The van der Waals surface area contributed by atoms with Crippen LogP contribution in [0.2, 0.25) is 0 Å². The third kappa shape index (κ3) is 2.62. The largest absolute Gasteiger partial charge is 0.494 e. The van der Waals surface area contributed by atoms with E-state index < -0.39 is 6.04 Å². The van der Waals surface area contributed by atoms with E-state index in [1.807, 2.05) is 55.5 Å². The SMILES string of the molecule is CCOc1ccc(N2C(=O)[C@@H](N)[C@@H]2c2ccc(Br)cc2)cc1. The Balaban J connectivity index is 1.87. The van der Waals surface area contributed by atoms with E-state index in [1.54, 1.807) is 4.90 Å². The molecule has 4 nitrogen and oxygen atoms in total. The minimum absolute atomic E-state index is 0.0583. The minimum Gasteiger partial charge on any atom is -0.494 e. The maximum Gasteiger partial charge on any atom is 0.247 e. The average Bonchev–Trinajstić information content (AvgIpc) is 2.54. The van der Waals surface area contributed by atoms with E-state index in [0.717, 1.165) is 21.5 Å². The smallest absolute Gasteiger partial charge is 0.247 e. The van der Waals surface area contributed by atoms with Crippen molar-refractivity contribution in [3.05, 3.63) is 58.6 Å². The van der Waals surface area contributed by atoms with Crippen LogP contribution in [0.1, 0.15) is 18.5 Å². The molecule has 2 N–H and O–H groups in total. The molecule has 1 heterocycles. The number of hydrogen-bond donors (Lipinski definition) is 1. The summed E-state index contributed by atoms with van der Waals surface area (Å²) in [6.45, 7) is 2.56. The molecular formula is C17H17BrN2O2. The Labute approximate surface area is 138 Å². The second kappa shape index (κ2) is 6.10. The molecule has 0 spiro atoms. The first kappa shape index (κ1) is 15.1. The molecule has 0 bridgehead atoms. The molecule has 0 unspecified atom stereocenters. The Hall–Kier alpha value is -1.85. The van der Waals surface area contributed by atoms with Gasteiger partial charge in [0, 0.05) is 10.2 Å². The molecule has 114 valence electrons. The van der Waals surface area contributed by atoms with Crippen LogP contribution in [0.3, 0.4) is 0 Å². The highest BCUT2D eigenvalue weighted by atomic mass is 79.9. The number of carbonyl (C=O) groups is 1. The van der Waals surface area contributed by atoms with Crippen molar-refractivity contribution in [3.8, 4) is 5.75 Å². The summed E-state index contributed by atoms with van der Waals surface area (Å²) in [7, 11) is 0. The second-order valence-electron chi connectivity index (χ2n) is 5.16. The lowest BCUT2D eigenvalue weighted by Gasteiger charge is -2.45. The van der Waals surface area contributed by atoms with Gasteiger partial charge < -0.3 is 15.4 Å². The van der Waals surface area contributed by atoms with Crippen molar-refractivity contribution in [1.29, 1.82) is 0 Å². The summed E-state index contributed by atoms with van der Waals surface area (Å²) in [5.74, 6) is 0.737. The molecular weight excluding hydrogens is 344 g/mol. The predicted molar refractivity (Wildman–Crippen MR) is 90.0 cm³/mol. The lowest BCUT2D eigenvalue weighted by atomic mass is 9.88. The normalized spacial score (nSPS) is 20.7. The number of anilines is 1. The van der Waals surface area contributed by atoms with Crippen molar-refractivity contribution >= 4 is 27.5 Å². The Bertz CT molecular complexity index is 670. The van der Waals surface area contributed by atoms with E-state index in [1.165, 1.54) is 0 Å². The van der Waals surface area contributed by atoms with Crippen LogP contribution in [0.15, 0.2) is 53.0 Å². The number of nitrogens with two attached hydrogens (primary N) is 1. The van der Waals surface area contributed by atoms with Crippen LogP contribution in [0, 0.1) is 0 Å². The summed E-state index contributed by atoms with van der Waals surface area (Å²) in [5, 5.41) is 0. The van der Waals surface area contributed by atoms with Crippen LogP contribution in [-0.2, 0) is 4.79 Å². The van der Waals surface area contributed by atoms with Crippen LogP contribution in [0.4, 0.5) is 5.69 Å². The maximum absolute atomic E-state index is 12.2. The maximum atomic E-state index is 12.2. The first-order valence-electron chi connectivity index (χ1n) is 7.19. The van der Waals surface area contributed by atoms with Gasteiger partial charge in [0.05, 0.1) is 12.6 Å². The van der Waals surface area contributed by atoms with E-state index >= 15 is 0 Å². The molecule has 1 fully saturated rings.